The van der Waals surface area contributed by atoms with Crippen molar-refractivity contribution >= 4 is 88.6 Å². The van der Waals surface area contributed by atoms with E-state index in [1.54, 1.807) is 4.80 Å². The Morgan fingerprint density at radius 3 is 1.39 bits per heavy atom. The van der Waals surface area contributed by atoms with Gasteiger partial charge in [0.25, 0.3) is 0 Å². The highest BCUT2D eigenvalue weighted by Crippen LogP contribution is 2.63. The standard InChI is InChI=1S/C69H43N5O/c1-3-19-44(20-4-1)72(46-35-37-47(38-36-46)74-70-62-33-17-18-34-63(62)71-74)64-42-57-67-54-28-9-7-26-52(54)65(43-66(67)75-68(57)55-29-10-8-27-53(55)64)73(45-21-5-2-6-22-45)48-39-40-61-56(41-48)51-25-13-16-32-60(51)69(61)58-30-14-11-23-49(58)50-24-12-15-31-59(50)69/h1-43H. The quantitative estimate of drug-likeness (QED) is 0.159. The zero-order valence-corrected chi connectivity index (χ0v) is 40.5. The average Bonchev–Trinajstić information content (AvgIpc) is 4.25. The number of aromatic nitrogens is 3. The molecule has 0 atom stereocenters. The van der Waals surface area contributed by atoms with Crippen molar-refractivity contribution in [1.82, 2.24) is 15.0 Å². The zero-order chi connectivity index (χ0) is 49.2. The van der Waals surface area contributed by atoms with Crippen molar-refractivity contribution in [3.05, 3.63) is 283 Å². The molecule has 350 valence electrons. The summed E-state index contributed by atoms with van der Waals surface area (Å²) in [5.41, 5.74) is 20.5. The maximum absolute atomic E-state index is 7.26. The molecule has 0 aliphatic heterocycles. The van der Waals surface area contributed by atoms with E-state index in [0.29, 0.717) is 0 Å². The molecule has 14 aromatic rings. The third kappa shape index (κ3) is 5.96. The van der Waals surface area contributed by atoms with Crippen molar-refractivity contribution in [2.45, 2.75) is 5.41 Å². The van der Waals surface area contributed by atoms with Crippen LogP contribution in [0.5, 0.6) is 0 Å². The van der Waals surface area contributed by atoms with E-state index in [2.05, 4.69) is 246 Å². The van der Waals surface area contributed by atoms with Crippen molar-refractivity contribution in [2.24, 2.45) is 0 Å². The second-order valence-electron chi connectivity index (χ2n) is 19.7. The molecule has 2 aliphatic carbocycles. The van der Waals surface area contributed by atoms with Gasteiger partial charge in [-0.15, -0.1) is 10.2 Å². The first-order chi connectivity index (χ1) is 37.2. The first-order valence-electron chi connectivity index (χ1n) is 25.6. The fourth-order valence-electron chi connectivity index (χ4n) is 12.7. The van der Waals surface area contributed by atoms with Crippen LogP contribution >= 0.6 is 0 Å². The van der Waals surface area contributed by atoms with E-state index in [1.165, 1.54) is 44.5 Å². The van der Waals surface area contributed by atoms with Gasteiger partial charge in [0.1, 0.15) is 22.2 Å². The number of nitrogens with zero attached hydrogens (tertiary/aromatic N) is 5. The summed E-state index contributed by atoms with van der Waals surface area (Å²) in [6.45, 7) is 0. The fraction of sp³-hybridized carbons (Fsp3) is 0.0145. The maximum atomic E-state index is 7.26. The second-order valence-corrected chi connectivity index (χ2v) is 19.7. The third-order valence-corrected chi connectivity index (χ3v) is 15.8. The molecule has 6 heteroatoms. The van der Waals surface area contributed by atoms with E-state index in [-0.39, 0.29) is 0 Å². The molecule has 16 rings (SSSR count). The molecule has 2 aliphatic rings. The summed E-state index contributed by atoms with van der Waals surface area (Å²) < 4.78 is 7.26. The van der Waals surface area contributed by atoms with E-state index in [0.717, 1.165) is 94.3 Å². The van der Waals surface area contributed by atoms with Crippen molar-refractivity contribution in [3.63, 3.8) is 0 Å². The van der Waals surface area contributed by atoms with Gasteiger partial charge in [0.15, 0.2) is 0 Å². The first-order valence-corrected chi connectivity index (χ1v) is 25.6. The van der Waals surface area contributed by atoms with Crippen molar-refractivity contribution in [1.29, 1.82) is 0 Å². The van der Waals surface area contributed by atoms with Crippen LogP contribution in [0.15, 0.2) is 265 Å². The summed E-state index contributed by atoms with van der Waals surface area (Å²) >= 11 is 0. The predicted molar refractivity (Wildman–Crippen MR) is 307 cm³/mol. The van der Waals surface area contributed by atoms with Crippen LogP contribution < -0.4 is 9.80 Å². The van der Waals surface area contributed by atoms with Crippen LogP contribution in [0.1, 0.15) is 22.3 Å². The van der Waals surface area contributed by atoms with Gasteiger partial charge < -0.3 is 14.2 Å². The summed E-state index contributed by atoms with van der Waals surface area (Å²) in [7, 11) is 0. The number of benzene rings is 12. The molecule has 0 amide bonds. The van der Waals surface area contributed by atoms with Crippen LogP contribution in [0.25, 0.3) is 82.5 Å². The molecule has 75 heavy (non-hydrogen) atoms. The average molecular weight is 958 g/mol. The van der Waals surface area contributed by atoms with Crippen LogP contribution in [0.4, 0.5) is 34.1 Å². The van der Waals surface area contributed by atoms with Crippen molar-refractivity contribution in [3.8, 4) is 27.9 Å². The molecule has 0 saturated heterocycles. The SMILES string of the molecule is c1ccc(N(c2ccc(-n3nc4ccccc4n3)cc2)c2cc3c(oc4cc(N(c5ccccc5)c5ccc6c(c5)-c5ccccc5C65c6ccccc6-c6ccccc65)c5ccccc5c43)c3ccccc23)cc1. The highest BCUT2D eigenvalue weighted by Gasteiger charge is 2.51. The Bertz CT molecular complexity index is 4540. The largest absolute Gasteiger partial charge is 0.455 e. The normalized spacial score (nSPS) is 12.9. The van der Waals surface area contributed by atoms with E-state index in [9.17, 15) is 0 Å². The lowest BCUT2D eigenvalue weighted by Gasteiger charge is -2.31. The topological polar surface area (TPSA) is 50.3 Å². The smallest absolute Gasteiger partial charge is 0.143 e. The molecule has 0 bridgehead atoms. The Morgan fingerprint density at radius 1 is 0.333 bits per heavy atom. The van der Waals surface area contributed by atoms with Gasteiger partial charge in [0.2, 0.25) is 0 Å². The number of furan rings is 1. The van der Waals surface area contributed by atoms with Gasteiger partial charge in [0.05, 0.1) is 22.5 Å². The molecule has 0 saturated carbocycles. The number of fused-ring (bicyclic) bond motifs is 18. The van der Waals surface area contributed by atoms with Crippen LogP contribution in [0, 0.1) is 0 Å². The fourth-order valence-corrected chi connectivity index (χ4v) is 12.7. The maximum Gasteiger partial charge on any atom is 0.143 e. The monoisotopic (exact) mass is 957 g/mol. The predicted octanol–water partition coefficient (Wildman–Crippen LogP) is 17.9. The van der Waals surface area contributed by atoms with E-state index >= 15 is 0 Å². The molecule has 0 radical (unpaired) electrons. The highest BCUT2D eigenvalue weighted by atomic mass is 16.3. The van der Waals surface area contributed by atoms with Gasteiger partial charge >= 0.3 is 0 Å². The van der Waals surface area contributed by atoms with Gasteiger partial charge in [-0.3, -0.25) is 0 Å². The van der Waals surface area contributed by atoms with Crippen LogP contribution in [0.2, 0.25) is 0 Å². The molecular formula is C69H43N5O. The van der Waals surface area contributed by atoms with Gasteiger partial charge in [-0.1, -0.05) is 176 Å². The van der Waals surface area contributed by atoms with E-state index < -0.39 is 5.41 Å². The minimum Gasteiger partial charge on any atom is -0.455 e. The van der Waals surface area contributed by atoms with Crippen LogP contribution in [-0.2, 0) is 5.41 Å². The lowest BCUT2D eigenvalue weighted by molar-refractivity contribution is 0.673. The second kappa shape index (κ2) is 16.0. The summed E-state index contributed by atoms with van der Waals surface area (Å²) in [6, 6.07) is 94.1. The number of hydrogen-bond donors (Lipinski definition) is 0. The number of para-hydroxylation sites is 2. The van der Waals surface area contributed by atoms with Crippen LogP contribution in [-0.4, -0.2) is 15.0 Å². The number of rotatable bonds is 7. The Balaban J connectivity index is 0.900. The minimum absolute atomic E-state index is 0.427. The molecule has 0 N–H and O–H groups in total. The Kier molecular flexibility index (Phi) is 8.86. The minimum atomic E-state index is -0.427. The van der Waals surface area contributed by atoms with Crippen molar-refractivity contribution in [2.75, 3.05) is 9.80 Å². The van der Waals surface area contributed by atoms with Crippen molar-refractivity contribution < 1.29 is 4.42 Å². The van der Waals surface area contributed by atoms with Crippen LogP contribution in [0.3, 0.4) is 0 Å². The molecular weight excluding hydrogens is 915 g/mol. The molecule has 6 nitrogen and oxygen atoms in total. The summed E-state index contributed by atoms with van der Waals surface area (Å²) in [4.78, 5) is 6.49. The lowest BCUT2D eigenvalue weighted by Crippen LogP contribution is -2.25. The molecule has 12 aromatic carbocycles. The first kappa shape index (κ1) is 41.6. The lowest BCUT2D eigenvalue weighted by atomic mass is 9.70. The van der Waals surface area contributed by atoms with Gasteiger partial charge in [0, 0.05) is 55.7 Å². The summed E-state index contributed by atoms with van der Waals surface area (Å²) in [5, 5.41) is 16.0. The third-order valence-electron chi connectivity index (χ3n) is 15.8. The highest BCUT2D eigenvalue weighted by molar-refractivity contribution is 6.27. The molecule has 2 aromatic heterocycles. The molecule has 0 unspecified atom stereocenters. The van der Waals surface area contributed by atoms with E-state index in [1.807, 2.05) is 24.3 Å². The Hall–Kier alpha value is -10.0. The summed E-state index contributed by atoms with van der Waals surface area (Å²) in [5.74, 6) is 0. The summed E-state index contributed by atoms with van der Waals surface area (Å²) in [6.07, 6.45) is 0. The number of hydrogen-bond acceptors (Lipinski definition) is 5. The number of anilines is 6. The Morgan fingerprint density at radius 2 is 0.773 bits per heavy atom. The zero-order valence-electron chi connectivity index (χ0n) is 40.5. The van der Waals surface area contributed by atoms with Gasteiger partial charge in [-0.2, -0.15) is 4.80 Å². The molecule has 1 spiro atoms. The van der Waals surface area contributed by atoms with E-state index in [4.69, 9.17) is 14.6 Å². The molecule has 2 heterocycles. The molecule has 0 fully saturated rings. The van der Waals surface area contributed by atoms with Gasteiger partial charge in [-0.05, 0) is 129 Å². The Labute approximate surface area is 432 Å². The van der Waals surface area contributed by atoms with Gasteiger partial charge in [-0.25, -0.2) is 0 Å².